The van der Waals surface area contributed by atoms with E-state index in [9.17, 15) is 9.59 Å². The number of benzene rings is 3. The smallest absolute Gasteiger partial charge is 0.247 e. The number of anilines is 1. The van der Waals surface area contributed by atoms with Crippen LogP contribution in [0.15, 0.2) is 82.4 Å². The number of hydrogen-bond donors (Lipinski definition) is 1. The van der Waals surface area contributed by atoms with Gasteiger partial charge < -0.3 is 0 Å². The number of amides is 2. The van der Waals surface area contributed by atoms with Gasteiger partial charge in [0.2, 0.25) is 11.8 Å². The predicted octanol–water partition coefficient (Wildman–Crippen LogP) is 6.56. The van der Waals surface area contributed by atoms with Crippen LogP contribution in [-0.4, -0.2) is 33.0 Å². The summed E-state index contributed by atoms with van der Waals surface area (Å²) in [6, 6.07) is 22.6. The number of thioether (sulfide) groups is 1. The molecule has 1 N–H and O–H groups in total. The Balaban J connectivity index is 1.40. The number of hydrazone groups is 1. The van der Waals surface area contributed by atoms with Crippen molar-refractivity contribution in [1.82, 2.24) is 5.01 Å². The molecule has 3 aromatic carbocycles. The van der Waals surface area contributed by atoms with E-state index in [0.29, 0.717) is 17.1 Å². The van der Waals surface area contributed by atoms with E-state index >= 15 is 0 Å². The first-order valence-corrected chi connectivity index (χ1v) is 13.4. The fourth-order valence-corrected chi connectivity index (χ4v) is 5.76. The van der Waals surface area contributed by atoms with Crippen molar-refractivity contribution in [3.63, 3.8) is 0 Å². The lowest BCUT2D eigenvalue weighted by Crippen LogP contribution is -2.32. The van der Waals surface area contributed by atoms with Crippen molar-refractivity contribution < 1.29 is 9.59 Å². The molecule has 2 atom stereocenters. The molecule has 0 radical (unpaired) electrons. The van der Waals surface area contributed by atoms with Crippen molar-refractivity contribution >= 4 is 67.7 Å². The zero-order valence-electron chi connectivity index (χ0n) is 19.3. The van der Waals surface area contributed by atoms with Crippen molar-refractivity contribution in [3.05, 3.63) is 99.0 Å². The van der Waals surface area contributed by atoms with Crippen LogP contribution in [0.25, 0.3) is 0 Å². The molecule has 1 fully saturated rings. The number of halogens is 2. The highest BCUT2D eigenvalue weighted by Gasteiger charge is 2.42. The van der Waals surface area contributed by atoms with Crippen LogP contribution in [-0.2, 0) is 9.59 Å². The zero-order valence-corrected chi connectivity index (χ0v) is 22.5. The SMILES string of the molecule is Cc1ccc(C2=NN(C(=N)SC3CC(=O)N(c4cccc(Cl)c4)C3=O)C(c3ccc(Br)cc3)C2)cc1. The van der Waals surface area contributed by atoms with Crippen LogP contribution in [0.3, 0.4) is 0 Å². The molecular formula is C27H22BrClN4O2S. The van der Waals surface area contributed by atoms with Gasteiger partial charge >= 0.3 is 0 Å². The highest BCUT2D eigenvalue weighted by molar-refractivity contribution is 9.10. The monoisotopic (exact) mass is 580 g/mol. The molecule has 182 valence electrons. The van der Waals surface area contributed by atoms with Gasteiger partial charge in [-0.05, 0) is 48.4 Å². The van der Waals surface area contributed by atoms with Gasteiger partial charge in [0.1, 0.15) is 5.25 Å². The number of imide groups is 1. The van der Waals surface area contributed by atoms with Crippen molar-refractivity contribution in [2.24, 2.45) is 5.10 Å². The number of hydrogen-bond acceptors (Lipinski definition) is 5. The summed E-state index contributed by atoms with van der Waals surface area (Å²) in [5.41, 5.74) is 4.50. The average molecular weight is 582 g/mol. The number of nitrogens with zero attached hydrogens (tertiary/aromatic N) is 3. The highest BCUT2D eigenvalue weighted by atomic mass is 79.9. The summed E-state index contributed by atoms with van der Waals surface area (Å²) in [5, 5.41) is 15.2. The van der Waals surface area contributed by atoms with Crippen molar-refractivity contribution in [3.8, 4) is 0 Å². The van der Waals surface area contributed by atoms with E-state index in [2.05, 4.69) is 15.9 Å². The summed E-state index contributed by atoms with van der Waals surface area (Å²) < 4.78 is 0.969. The van der Waals surface area contributed by atoms with Gasteiger partial charge in [0, 0.05) is 22.3 Å². The molecule has 2 unspecified atom stereocenters. The summed E-state index contributed by atoms with van der Waals surface area (Å²) in [6.07, 6.45) is 0.642. The summed E-state index contributed by atoms with van der Waals surface area (Å²) in [5.74, 6) is -0.651. The molecule has 0 aliphatic carbocycles. The molecule has 0 spiro atoms. The van der Waals surface area contributed by atoms with E-state index in [-0.39, 0.29) is 29.4 Å². The van der Waals surface area contributed by atoms with Gasteiger partial charge in [0.25, 0.3) is 0 Å². The maximum Gasteiger partial charge on any atom is 0.247 e. The third kappa shape index (κ3) is 4.98. The van der Waals surface area contributed by atoms with Gasteiger partial charge in [-0.25, -0.2) is 9.91 Å². The van der Waals surface area contributed by atoms with Crippen LogP contribution in [0.5, 0.6) is 0 Å². The first kappa shape index (κ1) is 24.7. The third-order valence-corrected chi connectivity index (χ3v) is 8.01. The normalized spacial score (nSPS) is 19.7. The van der Waals surface area contributed by atoms with Gasteiger partial charge in [-0.1, -0.05) is 87.3 Å². The van der Waals surface area contributed by atoms with E-state index in [4.69, 9.17) is 22.1 Å². The number of nitrogens with one attached hydrogen (secondary N) is 1. The van der Waals surface area contributed by atoms with Gasteiger partial charge in [-0.15, -0.1) is 0 Å². The van der Waals surface area contributed by atoms with Gasteiger partial charge in [0.15, 0.2) is 5.17 Å². The zero-order chi connectivity index (χ0) is 25.4. The Kier molecular flexibility index (Phi) is 7.01. The Bertz CT molecular complexity index is 1380. The maximum absolute atomic E-state index is 13.2. The third-order valence-electron chi connectivity index (χ3n) is 6.18. The van der Waals surface area contributed by atoms with Crippen LogP contribution in [0.4, 0.5) is 5.69 Å². The standard InChI is InChI=1S/C27H22BrClN4O2S/c1-16-5-7-17(8-6-16)22-14-23(18-9-11-19(28)12-10-18)33(31-22)27(30)36-24-15-25(34)32(26(24)35)21-4-2-3-20(29)13-21/h2-13,23-24,30H,14-15H2,1H3. The molecule has 2 heterocycles. The fourth-order valence-electron chi connectivity index (χ4n) is 4.33. The second kappa shape index (κ2) is 10.2. The topological polar surface area (TPSA) is 76.8 Å². The van der Waals surface area contributed by atoms with E-state index in [0.717, 1.165) is 43.5 Å². The lowest BCUT2D eigenvalue weighted by molar-refractivity contribution is -0.121. The maximum atomic E-state index is 13.2. The Morgan fingerprint density at radius 3 is 2.47 bits per heavy atom. The summed E-state index contributed by atoms with van der Waals surface area (Å²) in [6.45, 7) is 2.04. The highest BCUT2D eigenvalue weighted by Crippen LogP contribution is 2.38. The molecule has 6 nitrogen and oxygen atoms in total. The number of carbonyl (C=O) groups is 2. The minimum absolute atomic E-state index is 0.0176. The second-order valence-electron chi connectivity index (χ2n) is 8.69. The van der Waals surface area contributed by atoms with E-state index in [1.54, 1.807) is 29.3 Å². The van der Waals surface area contributed by atoms with E-state index in [1.165, 1.54) is 0 Å². The molecule has 9 heteroatoms. The van der Waals surface area contributed by atoms with E-state index < -0.39 is 5.25 Å². The first-order valence-electron chi connectivity index (χ1n) is 11.4. The molecule has 1 saturated heterocycles. The molecule has 0 bridgehead atoms. The van der Waals surface area contributed by atoms with Crippen molar-refractivity contribution in [2.75, 3.05) is 4.90 Å². The second-order valence-corrected chi connectivity index (χ2v) is 11.2. The van der Waals surface area contributed by atoms with Gasteiger partial charge in [0.05, 0.1) is 17.4 Å². The number of aryl methyl sites for hydroxylation is 1. The molecule has 2 aliphatic heterocycles. The molecule has 5 rings (SSSR count). The number of amidine groups is 1. The molecule has 0 aromatic heterocycles. The molecule has 2 amide bonds. The molecule has 36 heavy (non-hydrogen) atoms. The number of rotatable bonds is 4. The van der Waals surface area contributed by atoms with Crippen LogP contribution in [0, 0.1) is 12.3 Å². The van der Waals surface area contributed by atoms with Gasteiger partial charge in [-0.2, -0.15) is 5.10 Å². The summed E-state index contributed by atoms with van der Waals surface area (Å²) in [4.78, 5) is 27.1. The van der Waals surface area contributed by atoms with Crippen LogP contribution >= 0.6 is 39.3 Å². The Labute approximate surface area is 227 Å². The quantitative estimate of drug-likeness (QED) is 0.215. The Hall–Kier alpha value is -2.94. The molecule has 0 saturated carbocycles. The van der Waals surface area contributed by atoms with Crippen LogP contribution in [0.1, 0.15) is 35.6 Å². The van der Waals surface area contributed by atoms with Gasteiger partial charge in [-0.3, -0.25) is 15.0 Å². The Morgan fingerprint density at radius 2 is 1.78 bits per heavy atom. The predicted molar refractivity (Wildman–Crippen MR) is 149 cm³/mol. The largest absolute Gasteiger partial charge is 0.277 e. The van der Waals surface area contributed by atoms with Crippen LogP contribution in [0.2, 0.25) is 5.02 Å². The summed E-state index contributed by atoms with van der Waals surface area (Å²) >= 11 is 10.6. The minimum atomic E-state index is -0.701. The van der Waals surface area contributed by atoms with Crippen molar-refractivity contribution in [2.45, 2.75) is 31.1 Å². The fraction of sp³-hybridized carbons (Fsp3) is 0.185. The molecular weight excluding hydrogens is 560 g/mol. The number of carbonyl (C=O) groups excluding carboxylic acids is 2. The van der Waals surface area contributed by atoms with Crippen LogP contribution < -0.4 is 4.90 Å². The first-order chi connectivity index (χ1) is 17.3. The van der Waals surface area contributed by atoms with Crippen molar-refractivity contribution in [1.29, 1.82) is 5.41 Å². The minimum Gasteiger partial charge on any atom is -0.277 e. The average Bonchev–Trinajstić information content (AvgIpc) is 3.41. The lowest BCUT2D eigenvalue weighted by atomic mass is 9.98. The Morgan fingerprint density at radius 1 is 1.06 bits per heavy atom. The molecule has 3 aromatic rings. The molecule has 2 aliphatic rings. The summed E-state index contributed by atoms with van der Waals surface area (Å²) in [7, 11) is 0. The lowest BCUT2D eigenvalue weighted by Gasteiger charge is -2.24. The van der Waals surface area contributed by atoms with E-state index in [1.807, 2.05) is 55.5 Å².